The molecular formula is C27H25F3N4O2. The van der Waals surface area contributed by atoms with Crippen molar-refractivity contribution in [2.24, 2.45) is 0 Å². The van der Waals surface area contributed by atoms with E-state index in [1.807, 2.05) is 6.92 Å². The molecule has 0 atom stereocenters. The Morgan fingerprint density at radius 3 is 2.44 bits per heavy atom. The Balaban J connectivity index is 2.10. The van der Waals surface area contributed by atoms with Crippen molar-refractivity contribution in [1.29, 1.82) is 0 Å². The third-order valence-corrected chi connectivity index (χ3v) is 5.49. The molecule has 0 aliphatic rings. The van der Waals surface area contributed by atoms with E-state index >= 15 is 0 Å². The molecule has 1 aromatic carbocycles. The van der Waals surface area contributed by atoms with E-state index < -0.39 is 23.1 Å². The number of nitrogens with zero attached hydrogens (tertiary/aromatic N) is 3. The Labute approximate surface area is 206 Å². The van der Waals surface area contributed by atoms with Crippen molar-refractivity contribution in [1.82, 2.24) is 19.9 Å². The van der Waals surface area contributed by atoms with Gasteiger partial charge in [-0.1, -0.05) is 49.9 Å². The Bertz CT molecular complexity index is 1390. The third kappa shape index (κ3) is 6.04. The number of carbonyl (C=O) groups is 1. The first-order chi connectivity index (χ1) is 17.0. The van der Waals surface area contributed by atoms with E-state index in [9.17, 15) is 22.8 Å². The standard InChI is InChI=1S/C27H25F3N4O2/c1-5-17(2)9-10-18(3)12-33-26(36)23-15-34(22-13-31-16-32-14-22)19(4)24(25(23)35)20-7-6-8-21(11-20)27(28,29)30/h6-11,13-16H,2-3,5,12H2,1,4H3,(H,33,36)/b10-9-. The van der Waals surface area contributed by atoms with Crippen LogP contribution in [0.1, 0.15) is 35.0 Å². The maximum absolute atomic E-state index is 13.4. The van der Waals surface area contributed by atoms with E-state index in [0.29, 0.717) is 17.0 Å². The van der Waals surface area contributed by atoms with E-state index in [1.54, 1.807) is 19.1 Å². The van der Waals surface area contributed by atoms with Crippen molar-refractivity contribution in [3.8, 4) is 16.8 Å². The van der Waals surface area contributed by atoms with Gasteiger partial charge in [-0.15, -0.1) is 0 Å². The minimum Gasteiger partial charge on any atom is -0.348 e. The molecular weight excluding hydrogens is 469 g/mol. The first kappa shape index (κ1) is 26.3. The van der Waals surface area contributed by atoms with Gasteiger partial charge in [-0.05, 0) is 36.6 Å². The van der Waals surface area contributed by atoms with Gasteiger partial charge in [0.1, 0.15) is 11.9 Å². The van der Waals surface area contributed by atoms with Crippen LogP contribution in [0.15, 0.2) is 90.4 Å². The molecule has 3 rings (SSSR count). The summed E-state index contributed by atoms with van der Waals surface area (Å²) < 4.78 is 41.6. The molecule has 2 aromatic heterocycles. The Morgan fingerprint density at radius 1 is 1.14 bits per heavy atom. The van der Waals surface area contributed by atoms with Crippen molar-refractivity contribution >= 4 is 5.91 Å². The van der Waals surface area contributed by atoms with Gasteiger partial charge in [-0.25, -0.2) is 9.97 Å². The number of aromatic nitrogens is 3. The second kappa shape index (κ2) is 11.0. The smallest absolute Gasteiger partial charge is 0.348 e. The fraction of sp³-hybridized carbons (Fsp3) is 0.185. The number of benzene rings is 1. The summed E-state index contributed by atoms with van der Waals surface area (Å²) >= 11 is 0. The molecule has 1 amide bonds. The van der Waals surface area contributed by atoms with E-state index in [-0.39, 0.29) is 23.2 Å². The number of amides is 1. The van der Waals surface area contributed by atoms with E-state index in [4.69, 9.17) is 0 Å². The summed E-state index contributed by atoms with van der Waals surface area (Å²) in [7, 11) is 0. The maximum atomic E-state index is 13.4. The van der Waals surface area contributed by atoms with Crippen LogP contribution >= 0.6 is 0 Å². The lowest BCUT2D eigenvalue weighted by Crippen LogP contribution is -2.32. The van der Waals surface area contributed by atoms with Crippen LogP contribution in [-0.4, -0.2) is 27.0 Å². The molecule has 0 saturated carbocycles. The van der Waals surface area contributed by atoms with Crippen molar-refractivity contribution in [3.05, 3.63) is 113 Å². The molecule has 186 valence electrons. The predicted molar refractivity (Wildman–Crippen MR) is 133 cm³/mol. The van der Waals surface area contributed by atoms with E-state index in [0.717, 1.165) is 24.1 Å². The minimum atomic E-state index is -4.60. The molecule has 2 heterocycles. The van der Waals surface area contributed by atoms with Gasteiger partial charge in [0.2, 0.25) is 5.43 Å². The van der Waals surface area contributed by atoms with E-state index in [2.05, 4.69) is 28.4 Å². The van der Waals surface area contributed by atoms with Crippen molar-refractivity contribution in [2.75, 3.05) is 6.54 Å². The van der Waals surface area contributed by atoms with Crippen LogP contribution in [0.4, 0.5) is 13.2 Å². The first-order valence-corrected chi connectivity index (χ1v) is 11.0. The summed E-state index contributed by atoms with van der Waals surface area (Å²) in [4.78, 5) is 34.4. The molecule has 0 bridgehead atoms. The molecule has 0 saturated heterocycles. The number of rotatable bonds is 8. The highest BCUT2D eigenvalue weighted by Crippen LogP contribution is 2.32. The van der Waals surface area contributed by atoms with Crippen LogP contribution in [-0.2, 0) is 6.18 Å². The minimum absolute atomic E-state index is 0.0319. The quantitative estimate of drug-likeness (QED) is 0.424. The Morgan fingerprint density at radius 2 is 1.81 bits per heavy atom. The SMILES string of the molecule is C=C(/C=C\C(=C)CNC(=O)c1cn(-c2cncnc2)c(C)c(-c2cccc(C(F)(F)F)c2)c1=O)CC. The molecule has 9 heteroatoms. The van der Waals surface area contributed by atoms with Gasteiger partial charge in [0.05, 0.1) is 23.6 Å². The lowest BCUT2D eigenvalue weighted by molar-refractivity contribution is -0.137. The van der Waals surface area contributed by atoms with Gasteiger partial charge in [0.15, 0.2) is 0 Å². The van der Waals surface area contributed by atoms with Gasteiger partial charge >= 0.3 is 6.18 Å². The van der Waals surface area contributed by atoms with Gasteiger partial charge in [0, 0.05) is 24.0 Å². The van der Waals surface area contributed by atoms with E-state index in [1.165, 1.54) is 41.6 Å². The molecule has 3 aromatic rings. The molecule has 0 aliphatic heterocycles. The van der Waals surface area contributed by atoms with Gasteiger partial charge in [-0.2, -0.15) is 13.2 Å². The average molecular weight is 495 g/mol. The highest BCUT2D eigenvalue weighted by atomic mass is 19.4. The van der Waals surface area contributed by atoms with Crippen molar-refractivity contribution < 1.29 is 18.0 Å². The van der Waals surface area contributed by atoms with Crippen LogP contribution < -0.4 is 10.7 Å². The van der Waals surface area contributed by atoms with Gasteiger partial charge in [-0.3, -0.25) is 9.59 Å². The third-order valence-electron chi connectivity index (χ3n) is 5.49. The summed E-state index contributed by atoms with van der Waals surface area (Å²) in [6, 6.07) is 4.44. The summed E-state index contributed by atoms with van der Waals surface area (Å²) in [6.07, 6.45) is 5.26. The number of hydrogen-bond acceptors (Lipinski definition) is 4. The average Bonchev–Trinajstić information content (AvgIpc) is 2.86. The van der Waals surface area contributed by atoms with Crippen LogP contribution in [0.3, 0.4) is 0 Å². The van der Waals surface area contributed by atoms with Crippen molar-refractivity contribution in [2.45, 2.75) is 26.4 Å². The number of hydrogen-bond donors (Lipinski definition) is 1. The molecule has 0 fully saturated rings. The zero-order valence-corrected chi connectivity index (χ0v) is 19.9. The summed E-state index contributed by atoms with van der Waals surface area (Å²) in [5.41, 5.74) is 0.400. The normalized spacial score (nSPS) is 11.5. The Hall–Kier alpha value is -4.27. The first-order valence-electron chi connectivity index (χ1n) is 11.0. The lowest BCUT2D eigenvalue weighted by atomic mass is 9.98. The molecule has 0 spiro atoms. The summed E-state index contributed by atoms with van der Waals surface area (Å²) in [5.74, 6) is -0.692. The summed E-state index contributed by atoms with van der Waals surface area (Å²) in [6.45, 7) is 11.3. The number of allylic oxidation sites excluding steroid dienone is 2. The van der Waals surface area contributed by atoms with Gasteiger partial charge in [0.25, 0.3) is 5.91 Å². The van der Waals surface area contributed by atoms with Crippen LogP contribution in [0.25, 0.3) is 16.8 Å². The molecule has 0 aliphatic carbocycles. The number of carbonyl (C=O) groups excluding carboxylic acids is 1. The molecule has 0 radical (unpaired) electrons. The molecule has 0 unspecified atom stereocenters. The topological polar surface area (TPSA) is 76.9 Å². The lowest BCUT2D eigenvalue weighted by Gasteiger charge is -2.17. The molecule has 6 nitrogen and oxygen atoms in total. The fourth-order valence-electron chi connectivity index (χ4n) is 3.44. The highest BCUT2D eigenvalue weighted by molar-refractivity contribution is 5.95. The molecule has 36 heavy (non-hydrogen) atoms. The van der Waals surface area contributed by atoms with Gasteiger partial charge < -0.3 is 9.88 Å². The number of pyridine rings is 1. The zero-order chi connectivity index (χ0) is 26.5. The number of nitrogens with one attached hydrogen (secondary N) is 1. The van der Waals surface area contributed by atoms with Crippen LogP contribution in [0.2, 0.25) is 0 Å². The second-order valence-electron chi connectivity index (χ2n) is 8.06. The molecule has 1 N–H and O–H groups in total. The number of alkyl halides is 3. The monoisotopic (exact) mass is 494 g/mol. The van der Waals surface area contributed by atoms with Crippen LogP contribution in [0.5, 0.6) is 0 Å². The van der Waals surface area contributed by atoms with Crippen molar-refractivity contribution in [3.63, 3.8) is 0 Å². The predicted octanol–water partition coefficient (Wildman–Crippen LogP) is 5.43. The second-order valence-corrected chi connectivity index (χ2v) is 8.06. The largest absolute Gasteiger partial charge is 0.416 e. The number of halogens is 3. The Kier molecular flexibility index (Phi) is 8.03. The fourth-order valence-corrected chi connectivity index (χ4v) is 3.44. The highest BCUT2D eigenvalue weighted by Gasteiger charge is 2.31. The zero-order valence-electron chi connectivity index (χ0n) is 19.9. The maximum Gasteiger partial charge on any atom is 0.416 e. The summed E-state index contributed by atoms with van der Waals surface area (Å²) in [5, 5.41) is 2.65. The van der Waals surface area contributed by atoms with Crippen LogP contribution in [0, 0.1) is 6.92 Å².